The summed E-state index contributed by atoms with van der Waals surface area (Å²) in [6, 6.07) is 17.7. The molecule has 4 aromatic rings. The van der Waals surface area contributed by atoms with Crippen molar-refractivity contribution in [1.82, 2.24) is 19.3 Å². The molecule has 0 aliphatic carbocycles. The van der Waals surface area contributed by atoms with Crippen molar-refractivity contribution < 1.29 is 9.53 Å². The van der Waals surface area contributed by atoms with Crippen LogP contribution in [-0.4, -0.2) is 37.6 Å². The van der Waals surface area contributed by atoms with E-state index in [1.54, 1.807) is 18.0 Å². The Morgan fingerprint density at radius 3 is 2.52 bits per heavy atom. The smallest absolute Gasteiger partial charge is 0.238 e. The summed E-state index contributed by atoms with van der Waals surface area (Å²) in [5.41, 5.74) is 2.83. The monoisotopic (exact) mass is 435 g/mol. The molecule has 7 nitrogen and oxygen atoms in total. The largest absolute Gasteiger partial charge is 0.497 e. The lowest BCUT2D eigenvalue weighted by Crippen LogP contribution is -2.25. The van der Waals surface area contributed by atoms with E-state index in [-0.39, 0.29) is 17.2 Å². The van der Waals surface area contributed by atoms with Gasteiger partial charge in [-0.25, -0.2) is 9.67 Å². The highest BCUT2D eigenvalue weighted by Crippen LogP contribution is 2.31. The van der Waals surface area contributed by atoms with Crippen molar-refractivity contribution in [3.05, 3.63) is 60.8 Å². The Labute approximate surface area is 185 Å². The van der Waals surface area contributed by atoms with E-state index in [1.807, 2.05) is 75.4 Å². The lowest BCUT2D eigenvalue weighted by molar-refractivity contribution is -0.115. The molecular weight excluding hydrogens is 410 g/mol. The average molecular weight is 436 g/mol. The van der Waals surface area contributed by atoms with Crippen molar-refractivity contribution in [2.24, 2.45) is 0 Å². The second kappa shape index (κ2) is 8.85. The molecule has 0 bridgehead atoms. The summed E-state index contributed by atoms with van der Waals surface area (Å²) in [5, 5.41) is 7.66. The van der Waals surface area contributed by atoms with Crippen LogP contribution in [0.25, 0.3) is 16.7 Å². The van der Waals surface area contributed by atoms with Crippen LogP contribution >= 0.6 is 11.8 Å². The summed E-state index contributed by atoms with van der Waals surface area (Å²) >= 11 is 1.42. The number of nitrogens with zero attached hydrogens (tertiary/aromatic N) is 4. The molecule has 160 valence electrons. The number of benzene rings is 2. The SMILES string of the molecule is COc1ccc(-n2c(SC(C)C(=O)Nc3ccnn3C(C)C)nc3ccccc32)cc1. The number of methoxy groups -OCH3 is 1. The van der Waals surface area contributed by atoms with Gasteiger partial charge in [-0.3, -0.25) is 9.36 Å². The molecule has 2 heterocycles. The highest BCUT2D eigenvalue weighted by atomic mass is 32.2. The zero-order chi connectivity index (χ0) is 22.0. The Balaban J connectivity index is 1.63. The number of fused-ring (bicyclic) bond motifs is 1. The third-order valence-electron chi connectivity index (χ3n) is 4.92. The molecule has 4 rings (SSSR count). The van der Waals surface area contributed by atoms with Gasteiger partial charge in [-0.2, -0.15) is 5.10 Å². The van der Waals surface area contributed by atoms with Crippen molar-refractivity contribution in [3.8, 4) is 11.4 Å². The first-order valence-electron chi connectivity index (χ1n) is 10.1. The standard InChI is InChI=1S/C23H25N5O2S/c1-15(2)28-21(13-14-24-28)26-22(29)16(3)31-23-25-19-7-5-6-8-20(19)27(23)17-9-11-18(30-4)12-10-17/h5-16H,1-4H3,(H,26,29). The summed E-state index contributed by atoms with van der Waals surface area (Å²) in [6.45, 7) is 5.93. The van der Waals surface area contributed by atoms with Gasteiger partial charge in [-0.05, 0) is 57.2 Å². The van der Waals surface area contributed by atoms with Gasteiger partial charge in [-0.1, -0.05) is 23.9 Å². The van der Waals surface area contributed by atoms with Crippen molar-refractivity contribution in [1.29, 1.82) is 0 Å². The Hall–Kier alpha value is -3.26. The number of anilines is 1. The number of aromatic nitrogens is 4. The zero-order valence-corrected chi connectivity index (χ0v) is 18.8. The number of thioether (sulfide) groups is 1. The molecule has 0 radical (unpaired) electrons. The van der Waals surface area contributed by atoms with E-state index in [1.165, 1.54) is 11.8 Å². The van der Waals surface area contributed by atoms with Gasteiger partial charge in [0.2, 0.25) is 5.91 Å². The molecule has 2 aromatic heterocycles. The van der Waals surface area contributed by atoms with Gasteiger partial charge in [0.05, 0.1) is 29.6 Å². The highest BCUT2D eigenvalue weighted by molar-refractivity contribution is 8.00. The minimum Gasteiger partial charge on any atom is -0.497 e. The molecule has 0 spiro atoms. The summed E-state index contributed by atoms with van der Waals surface area (Å²) in [5.74, 6) is 1.38. The van der Waals surface area contributed by atoms with Crippen LogP contribution < -0.4 is 10.1 Å². The lowest BCUT2D eigenvalue weighted by Gasteiger charge is -2.15. The van der Waals surface area contributed by atoms with Crippen molar-refractivity contribution in [2.75, 3.05) is 12.4 Å². The molecule has 1 unspecified atom stereocenters. The summed E-state index contributed by atoms with van der Waals surface area (Å²) in [4.78, 5) is 17.7. The van der Waals surface area contributed by atoms with E-state index >= 15 is 0 Å². The maximum atomic E-state index is 12.9. The maximum absolute atomic E-state index is 12.9. The molecule has 2 aromatic carbocycles. The van der Waals surface area contributed by atoms with Crippen LogP contribution in [0.3, 0.4) is 0 Å². The van der Waals surface area contributed by atoms with Crippen LogP contribution in [-0.2, 0) is 4.79 Å². The quantitative estimate of drug-likeness (QED) is 0.417. The predicted octanol–water partition coefficient (Wildman–Crippen LogP) is 4.93. The van der Waals surface area contributed by atoms with Crippen molar-refractivity contribution in [3.63, 3.8) is 0 Å². The highest BCUT2D eigenvalue weighted by Gasteiger charge is 2.21. The predicted molar refractivity (Wildman–Crippen MR) is 124 cm³/mol. The number of amides is 1. The Morgan fingerprint density at radius 2 is 1.81 bits per heavy atom. The second-order valence-electron chi connectivity index (χ2n) is 7.42. The van der Waals surface area contributed by atoms with Crippen LogP contribution in [0.15, 0.2) is 66.0 Å². The molecule has 0 saturated heterocycles. The van der Waals surface area contributed by atoms with E-state index in [2.05, 4.69) is 15.0 Å². The van der Waals surface area contributed by atoms with Gasteiger partial charge in [0.1, 0.15) is 11.6 Å². The molecule has 0 fully saturated rings. The van der Waals surface area contributed by atoms with Crippen LogP contribution in [0.2, 0.25) is 0 Å². The number of imidazole rings is 1. The van der Waals surface area contributed by atoms with Gasteiger partial charge in [0.25, 0.3) is 0 Å². The number of nitrogens with one attached hydrogen (secondary N) is 1. The van der Waals surface area contributed by atoms with E-state index < -0.39 is 0 Å². The number of hydrogen-bond acceptors (Lipinski definition) is 5. The minimum absolute atomic E-state index is 0.0965. The molecule has 0 saturated carbocycles. The topological polar surface area (TPSA) is 74.0 Å². The fourth-order valence-electron chi connectivity index (χ4n) is 3.33. The van der Waals surface area contributed by atoms with E-state index in [0.717, 1.165) is 27.6 Å². The Kier molecular flexibility index (Phi) is 5.99. The van der Waals surface area contributed by atoms with Gasteiger partial charge in [-0.15, -0.1) is 0 Å². The first-order valence-corrected chi connectivity index (χ1v) is 11.0. The fourth-order valence-corrected chi connectivity index (χ4v) is 4.27. The van der Waals surface area contributed by atoms with Gasteiger partial charge in [0, 0.05) is 17.8 Å². The number of ether oxygens (including phenoxy) is 1. The Bertz CT molecular complexity index is 1200. The number of rotatable bonds is 7. The van der Waals surface area contributed by atoms with Crippen LogP contribution in [0.4, 0.5) is 5.82 Å². The van der Waals surface area contributed by atoms with Crippen LogP contribution in [0.1, 0.15) is 26.8 Å². The van der Waals surface area contributed by atoms with Crippen LogP contribution in [0, 0.1) is 0 Å². The van der Waals surface area contributed by atoms with Crippen molar-refractivity contribution in [2.45, 2.75) is 37.2 Å². The second-order valence-corrected chi connectivity index (χ2v) is 8.73. The first-order chi connectivity index (χ1) is 15.0. The molecule has 1 atom stereocenters. The lowest BCUT2D eigenvalue weighted by atomic mass is 10.2. The fraction of sp³-hybridized carbons (Fsp3) is 0.261. The first kappa shape index (κ1) is 21.0. The van der Waals surface area contributed by atoms with E-state index in [4.69, 9.17) is 9.72 Å². The van der Waals surface area contributed by atoms with Gasteiger partial charge in [0.15, 0.2) is 5.16 Å². The summed E-state index contributed by atoms with van der Waals surface area (Å²) in [7, 11) is 1.65. The molecule has 0 aliphatic heterocycles. The molecule has 1 N–H and O–H groups in total. The minimum atomic E-state index is -0.357. The number of hydrogen-bond donors (Lipinski definition) is 1. The average Bonchev–Trinajstić information content (AvgIpc) is 3.38. The number of para-hydroxylation sites is 2. The molecular formula is C23H25N5O2S. The third kappa shape index (κ3) is 4.29. The van der Waals surface area contributed by atoms with E-state index in [9.17, 15) is 4.79 Å². The normalized spacial score (nSPS) is 12.3. The third-order valence-corrected chi connectivity index (χ3v) is 5.98. The molecule has 31 heavy (non-hydrogen) atoms. The number of carbonyl (C=O) groups excluding carboxylic acids is 1. The van der Waals surface area contributed by atoms with Gasteiger partial charge < -0.3 is 10.1 Å². The summed E-state index contributed by atoms with van der Waals surface area (Å²) in [6.07, 6.45) is 1.69. The Morgan fingerprint density at radius 1 is 1.06 bits per heavy atom. The van der Waals surface area contributed by atoms with Crippen LogP contribution in [0.5, 0.6) is 5.75 Å². The zero-order valence-electron chi connectivity index (χ0n) is 17.9. The molecule has 1 amide bonds. The molecule has 0 aliphatic rings. The summed E-state index contributed by atoms with van der Waals surface area (Å²) < 4.78 is 9.15. The number of carbonyl (C=O) groups is 1. The molecule has 8 heteroatoms. The maximum Gasteiger partial charge on any atom is 0.238 e. The van der Waals surface area contributed by atoms with E-state index in [0.29, 0.717) is 5.82 Å². The van der Waals surface area contributed by atoms with Crippen molar-refractivity contribution >= 4 is 34.5 Å². The van der Waals surface area contributed by atoms with Gasteiger partial charge >= 0.3 is 0 Å².